The molecular weight excluding hydrogens is 258 g/mol. The van der Waals surface area contributed by atoms with E-state index >= 15 is 0 Å². The molecule has 20 heavy (non-hydrogen) atoms. The Morgan fingerprint density at radius 2 is 2.20 bits per heavy atom. The minimum absolute atomic E-state index is 0.126. The van der Waals surface area contributed by atoms with Crippen molar-refractivity contribution in [1.82, 2.24) is 19.8 Å². The molecule has 1 aromatic heterocycles. The van der Waals surface area contributed by atoms with Gasteiger partial charge in [-0.1, -0.05) is 6.42 Å². The van der Waals surface area contributed by atoms with Crippen molar-refractivity contribution < 1.29 is 9.59 Å². The third-order valence-electron chi connectivity index (χ3n) is 4.08. The number of amides is 3. The fourth-order valence-corrected chi connectivity index (χ4v) is 2.58. The van der Waals surface area contributed by atoms with E-state index in [0.29, 0.717) is 26.2 Å². The van der Waals surface area contributed by atoms with Crippen molar-refractivity contribution in [3.05, 3.63) is 17.7 Å². The molecule has 1 saturated carbocycles. The second-order valence-corrected chi connectivity index (χ2v) is 5.45. The Morgan fingerprint density at radius 1 is 1.40 bits per heavy atom. The number of nitrogens with two attached hydrogens (primary N) is 1. The molecule has 0 aromatic carbocycles. The molecule has 1 fully saturated rings. The summed E-state index contributed by atoms with van der Waals surface area (Å²) in [7, 11) is 0. The number of primary amides is 1. The summed E-state index contributed by atoms with van der Waals surface area (Å²) >= 11 is 0. The Bertz CT molecular complexity index is 535. The van der Waals surface area contributed by atoms with E-state index in [2.05, 4.69) is 10.3 Å². The van der Waals surface area contributed by atoms with Crippen molar-refractivity contribution in [2.75, 3.05) is 6.54 Å². The highest BCUT2D eigenvalue weighted by Crippen LogP contribution is 2.26. The quantitative estimate of drug-likeness (QED) is 0.826. The van der Waals surface area contributed by atoms with Gasteiger partial charge in [0.2, 0.25) is 5.91 Å². The fraction of sp³-hybridized carbons (Fsp3) is 0.615. The van der Waals surface area contributed by atoms with Gasteiger partial charge >= 0.3 is 6.03 Å². The largest absolute Gasteiger partial charge is 0.351 e. The first-order chi connectivity index (χ1) is 9.63. The van der Waals surface area contributed by atoms with Crippen molar-refractivity contribution in [3.63, 3.8) is 0 Å². The molecule has 108 valence electrons. The van der Waals surface area contributed by atoms with E-state index in [1.807, 2.05) is 10.8 Å². The van der Waals surface area contributed by atoms with E-state index in [9.17, 15) is 9.59 Å². The van der Waals surface area contributed by atoms with Crippen LogP contribution in [0, 0.1) is 5.92 Å². The Hall–Kier alpha value is -2.05. The molecule has 3 rings (SSSR count). The van der Waals surface area contributed by atoms with E-state index < -0.39 is 6.03 Å². The Morgan fingerprint density at radius 3 is 2.85 bits per heavy atom. The average Bonchev–Trinajstić information content (AvgIpc) is 2.75. The first-order valence-electron chi connectivity index (χ1n) is 7.00. The second kappa shape index (κ2) is 5.15. The molecule has 7 heteroatoms. The number of rotatable bonds is 3. The predicted molar refractivity (Wildman–Crippen MR) is 71.4 cm³/mol. The molecule has 3 N–H and O–H groups in total. The van der Waals surface area contributed by atoms with E-state index in [-0.39, 0.29) is 11.8 Å². The highest BCUT2D eigenvalue weighted by Gasteiger charge is 2.25. The molecule has 2 aliphatic rings. The van der Waals surface area contributed by atoms with Crippen molar-refractivity contribution in [2.45, 2.75) is 38.9 Å². The van der Waals surface area contributed by atoms with Crippen molar-refractivity contribution >= 4 is 11.9 Å². The summed E-state index contributed by atoms with van der Waals surface area (Å²) in [6.07, 6.45) is 5.09. The summed E-state index contributed by atoms with van der Waals surface area (Å²) in [6, 6.07) is -0.418. The molecule has 1 aromatic rings. The van der Waals surface area contributed by atoms with Crippen molar-refractivity contribution in [1.29, 1.82) is 0 Å². The number of carbonyl (C=O) groups is 2. The van der Waals surface area contributed by atoms with Gasteiger partial charge in [0.1, 0.15) is 5.82 Å². The van der Waals surface area contributed by atoms with Gasteiger partial charge in [0.25, 0.3) is 0 Å². The molecule has 1 aliphatic carbocycles. The van der Waals surface area contributed by atoms with Gasteiger partial charge in [-0.3, -0.25) is 4.79 Å². The normalized spacial score (nSPS) is 18.3. The summed E-state index contributed by atoms with van der Waals surface area (Å²) in [5, 5.41) is 2.92. The second-order valence-electron chi connectivity index (χ2n) is 5.45. The Balaban J connectivity index is 1.59. The standard InChI is InChI=1S/C13H19N5O2/c14-13(20)18-5-4-17-7-10(16-11(17)8-18)6-15-12(19)9-2-1-3-9/h7,9H,1-6,8H2,(H2,14,20)(H,15,19). The van der Waals surface area contributed by atoms with Gasteiger partial charge in [-0.05, 0) is 12.8 Å². The van der Waals surface area contributed by atoms with Crippen LogP contribution in [0.15, 0.2) is 6.20 Å². The van der Waals surface area contributed by atoms with E-state index in [0.717, 1.165) is 30.8 Å². The van der Waals surface area contributed by atoms with Crippen LogP contribution in [0.25, 0.3) is 0 Å². The number of carbonyl (C=O) groups excluding carboxylic acids is 2. The molecule has 0 unspecified atom stereocenters. The molecule has 7 nitrogen and oxygen atoms in total. The third kappa shape index (κ3) is 2.48. The van der Waals surface area contributed by atoms with Gasteiger partial charge in [0, 0.05) is 25.2 Å². The zero-order valence-electron chi connectivity index (χ0n) is 11.3. The number of aromatic nitrogens is 2. The van der Waals surface area contributed by atoms with Crippen LogP contribution in [0.4, 0.5) is 4.79 Å². The summed E-state index contributed by atoms with van der Waals surface area (Å²) in [5.41, 5.74) is 6.11. The van der Waals surface area contributed by atoms with Crippen LogP contribution in [0.3, 0.4) is 0 Å². The number of fused-ring (bicyclic) bond motifs is 1. The predicted octanol–water partition coefficient (Wildman–Crippen LogP) is 0.194. The summed E-state index contributed by atoms with van der Waals surface area (Å²) in [6.45, 7) is 2.19. The maximum Gasteiger partial charge on any atom is 0.315 e. The lowest BCUT2D eigenvalue weighted by Gasteiger charge is -2.25. The molecule has 0 bridgehead atoms. The van der Waals surface area contributed by atoms with Gasteiger partial charge in [-0.2, -0.15) is 0 Å². The zero-order chi connectivity index (χ0) is 14.1. The minimum Gasteiger partial charge on any atom is -0.351 e. The number of hydrogen-bond acceptors (Lipinski definition) is 3. The fourth-order valence-electron chi connectivity index (χ4n) is 2.58. The van der Waals surface area contributed by atoms with Crippen LogP contribution in [-0.2, 0) is 24.4 Å². The Kier molecular flexibility index (Phi) is 3.33. The number of nitrogens with one attached hydrogen (secondary N) is 1. The monoisotopic (exact) mass is 277 g/mol. The Labute approximate surface area is 117 Å². The lowest BCUT2D eigenvalue weighted by molar-refractivity contribution is -0.127. The van der Waals surface area contributed by atoms with Crippen molar-refractivity contribution in [3.8, 4) is 0 Å². The third-order valence-corrected chi connectivity index (χ3v) is 4.08. The van der Waals surface area contributed by atoms with Gasteiger partial charge in [0.05, 0.1) is 18.8 Å². The molecule has 0 saturated heterocycles. The lowest BCUT2D eigenvalue weighted by atomic mass is 9.85. The van der Waals surface area contributed by atoms with E-state index in [4.69, 9.17) is 5.73 Å². The van der Waals surface area contributed by atoms with Crippen LogP contribution < -0.4 is 11.1 Å². The highest BCUT2D eigenvalue weighted by molar-refractivity contribution is 5.79. The molecule has 0 radical (unpaired) electrons. The van der Waals surface area contributed by atoms with Crippen molar-refractivity contribution in [2.24, 2.45) is 11.7 Å². The van der Waals surface area contributed by atoms with Crippen LogP contribution >= 0.6 is 0 Å². The molecule has 0 spiro atoms. The maximum absolute atomic E-state index is 11.8. The average molecular weight is 277 g/mol. The van der Waals surface area contributed by atoms with Gasteiger partial charge in [-0.25, -0.2) is 9.78 Å². The van der Waals surface area contributed by atoms with Crippen LogP contribution in [-0.4, -0.2) is 32.9 Å². The molecule has 0 atom stereocenters. The van der Waals surface area contributed by atoms with Gasteiger partial charge in [0.15, 0.2) is 0 Å². The topological polar surface area (TPSA) is 93.3 Å². The molecular formula is C13H19N5O2. The first kappa shape index (κ1) is 13.0. The molecule has 2 heterocycles. The highest BCUT2D eigenvalue weighted by atomic mass is 16.2. The van der Waals surface area contributed by atoms with Gasteiger partial charge in [-0.15, -0.1) is 0 Å². The minimum atomic E-state index is -0.418. The van der Waals surface area contributed by atoms with E-state index in [1.54, 1.807) is 4.90 Å². The maximum atomic E-state index is 11.8. The molecule has 1 aliphatic heterocycles. The summed E-state index contributed by atoms with van der Waals surface area (Å²) in [5.74, 6) is 1.14. The van der Waals surface area contributed by atoms with E-state index in [1.165, 1.54) is 0 Å². The first-order valence-corrected chi connectivity index (χ1v) is 7.00. The number of nitrogens with zero attached hydrogens (tertiary/aromatic N) is 3. The smallest absolute Gasteiger partial charge is 0.315 e. The summed E-state index contributed by atoms with van der Waals surface area (Å²) in [4.78, 5) is 28.9. The zero-order valence-corrected chi connectivity index (χ0v) is 11.3. The lowest BCUT2D eigenvalue weighted by Crippen LogP contribution is -2.41. The number of imidazole rings is 1. The van der Waals surface area contributed by atoms with Crippen LogP contribution in [0.2, 0.25) is 0 Å². The van der Waals surface area contributed by atoms with Gasteiger partial charge < -0.3 is 20.5 Å². The van der Waals surface area contributed by atoms with Crippen LogP contribution in [0.5, 0.6) is 0 Å². The number of urea groups is 1. The number of hydrogen-bond donors (Lipinski definition) is 2. The molecule has 3 amide bonds. The SMILES string of the molecule is NC(=O)N1CCn2cc(CNC(=O)C3CCC3)nc2C1. The van der Waals surface area contributed by atoms with Crippen LogP contribution in [0.1, 0.15) is 30.8 Å². The summed E-state index contributed by atoms with van der Waals surface area (Å²) < 4.78 is 2.02.